The van der Waals surface area contributed by atoms with E-state index in [9.17, 15) is 9.90 Å². The van der Waals surface area contributed by atoms with Crippen molar-refractivity contribution in [3.8, 4) is 11.5 Å². The maximum absolute atomic E-state index is 10.8. The topological polar surface area (TPSA) is 66.8 Å². The third kappa shape index (κ3) is 4.20. The summed E-state index contributed by atoms with van der Waals surface area (Å²) >= 11 is 1.56. The molecule has 0 spiro atoms. The fraction of sp³-hybridized carbons (Fsp3) is 0.133. The minimum atomic E-state index is -0.968. The Balaban J connectivity index is 1.81. The number of thioether (sulfide) groups is 1. The second-order valence-electron chi connectivity index (χ2n) is 4.03. The SMILES string of the molecule is O=C(O)c1cccc(OCCSc2cccc(O)c2)c1. The number of carboxylic acids is 1. The van der Waals surface area contributed by atoms with Gasteiger partial charge in [0.2, 0.25) is 0 Å². The summed E-state index contributed by atoms with van der Waals surface area (Å²) < 4.78 is 5.50. The molecule has 0 aliphatic carbocycles. The van der Waals surface area contributed by atoms with Crippen molar-refractivity contribution in [3.63, 3.8) is 0 Å². The zero-order chi connectivity index (χ0) is 14.4. The Kier molecular flexibility index (Phi) is 4.90. The molecule has 0 radical (unpaired) electrons. The molecule has 0 aromatic heterocycles. The van der Waals surface area contributed by atoms with Crippen LogP contribution in [0.5, 0.6) is 11.5 Å². The van der Waals surface area contributed by atoms with Crippen LogP contribution in [0.1, 0.15) is 10.4 Å². The maximum Gasteiger partial charge on any atom is 0.335 e. The van der Waals surface area contributed by atoms with Crippen molar-refractivity contribution in [1.82, 2.24) is 0 Å². The highest BCUT2D eigenvalue weighted by Crippen LogP contribution is 2.22. The van der Waals surface area contributed by atoms with Gasteiger partial charge in [0.25, 0.3) is 0 Å². The smallest absolute Gasteiger partial charge is 0.335 e. The fourth-order valence-corrected chi connectivity index (χ4v) is 2.39. The van der Waals surface area contributed by atoms with Gasteiger partial charge < -0.3 is 14.9 Å². The van der Waals surface area contributed by atoms with Crippen LogP contribution >= 0.6 is 11.8 Å². The van der Waals surface area contributed by atoms with E-state index in [0.717, 1.165) is 4.90 Å². The highest BCUT2D eigenvalue weighted by Gasteiger charge is 2.03. The number of hydrogen-bond donors (Lipinski definition) is 2. The number of benzene rings is 2. The second-order valence-corrected chi connectivity index (χ2v) is 5.20. The van der Waals surface area contributed by atoms with Crippen molar-refractivity contribution in [3.05, 3.63) is 54.1 Å². The average molecular weight is 290 g/mol. The number of hydrogen-bond acceptors (Lipinski definition) is 4. The molecular weight excluding hydrogens is 276 g/mol. The number of carbonyl (C=O) groups is 1. The summed E-state index contributed by atoms with van der Waals surface area (Å²) in [5, 5.41) is 18.2. The molecule has 2 aromatic carbocycles. The predicted molar refractivity (Wildman–Crippen MR) is 77.7 cm³/mol. The van der Waals surface area contributed by atoms with E-state index in [1.54, 1.807) is 42.1 Å². The molecule has 4 nitrogen and oxygen atoms in total. The number of phenolic OH excluding ortho intramolecular Hbond substituents is 1. The molecule has 0 heterocycles. The molecule has 0 aliphatic rings. The molecule has 0 bridgehead atoms. The molecular formula is C15H14O4S. The minimum Gasteiger partial charge on any atom is -0.508 e. The largest absolute Gasteiger partial charge is 0.508 e. The summed E-state index contributed by atoms with van der Waals surface area (Å²) in [7, 11) is 0. The van der Waals surface area contributed by atoms with Gasteiger partial charge in [-0.05, 0) is 36.4 Å². The number of aromatic hydroxyl groups is 1. The van der Waals surface area contributed by atoms with E-state index in [-0.39, 0.29) is 11.3 Å². The number of ether oxygens (including phenoxy) is 1. The summed E-state index contributed by atoms with van der Waals surface area (Å²) in [4.78, 5) is 11.8. The number of aromatic carboxylic acids is 1. The first-order valence-corrected chi connectivity index (χ1v) is 7.02. The monoisotopic (exact) mass is 290 g/mol. The number of phenols is 1. The van der Waals surface area contributed by atoms with Gasteiger partial charge in [0.1, 0.15) is 11.5 Å². The molecule has 20 heavy (non-hydrogen) atoms. The first kappa shape index (κ1) is 14.3. The lowest BCUT2D eigenvalue weighted by Gasteiger charge is -2.07. The van der Waals surface area contributed by atoms with Crippen molar-refractivity contribution in [1.29, 1.82) is 0 Å². The van der Waals surface area contributed by atoms with Crippen LogP contribution in [0.4, 0.5) is 0 Å². The Bertz CT molecular complexity index is 598. The molecule has 0 unspecified atom stereocenters. The fourth-order valence-electron chi connectivity index (χ4n) is 1.61. The van der Waals surface area contributed by atoms with Crippen LogP contribution < -0.4 is 4.74 Å². The third-order valence-corrected chi connectivity index (χ3v) is 3.48. The Labute approximate surface area is 121 Å². The van der Waals surface area contributed by atoms with E-state index in [1.165, 1.54) is 12.1 Å². The van der Waals surface area contributed by atoms with Crippen LogP contribution in [-0.2, 0) is 0 Å². The van der Waals surface area contributed by atoms with Gasteiger partial charge in [-0.1, -0.05) is 12.1 Å². The molecule has 104 valence electrons. The second kappa shape index (κ2) is 6.86. The molecule has 0 fully saturated rings. The number of rotatable bonds is 6. The quantitative estimate of drug-likeness (QED) is 0.631. The van der Waals surface area contributed by atoms with E-state index in [0.29, 0.717) is 18.1 Å². The lowest BCUT2D eigenvalue weighted by molar-refractivity contribution is 0.0696. The number of carboxylic acid groups (broad SMARTS) is 1. The van der Waals surface area contributed by atoms with E-state index >= 15 is 0 Å². The zero-order valence-electron chi connectivity index (χ0n) is 10.7. The molecule has 0 saturated heterocycles. The third-order valence-electron chi connectivity index (χ3n) is 2.52. The van der Waals surface area contributed by atoms with Crippen molar-refractivity contribution >= 4 is 17.7 Å². The molecule has 0 saturated carbocycles. The predicted octanol–water partition coefficient (Wildman–Crippen LogP) is 3.26. The van der Waals surface area contributed by atoms with Gasteiger partial charge in [-0.3, -0.25) is 0 Å². The lowest BCUT2D eigenvalue weighted by Crippen LogP contribution is -2.02. The Morgan fingerprint density at radius 1 is 1.15 bits per heavy atom. The Morgan fingerprint density at radius 2 is 1.95 bits per heavy atom. The summed E-state index contributed by atoms with van der Waals surface area (Å²) in [5.74, 6) is 0.525. The van der Waals surface area contributed by atoms with Crippen molar-refractivity contribution in [2.45, 2.75) is 4.90 Å². The van der Waals surface area contributed by atoms with Crippen LogP contribution in [0.25, 0.3) is 0 Å². The zero-order valence-corrected chi connectivity index (χ0v) is 11.5. The first-order valence-electron chi connectivity index (χ1n) is 6.03. The Hall–Kier alpha value is -2.14. The molecule has 2 aromatic rings. The normalized spacial score (nSPS) is 10.2. The molecule has 2 N–H and O–H groups in total. The molecule has 2 rings (SSSR count). The molecule has 0 atom stereocenters. The van der Waals surface area contributed by atoms with Crippen molar-refractivity contribution in [2.75, 3.05) is 12.4 Å². The van der Waals surface area contributed by atoms with Gasteiger partial charge in [0.15, 0.2) is 0 Å². The average Bonchev–Trinajstić information content (AvgIpc) is 2.44. The van der Waals surface area contributed by atoms with Crippen LogP contribution in [0.15, 0.2) is 53.4 Å². The first-order chi connectivity index (χ1) is 9.65. The lowest BCUT2D eigenvalue weighted by atomic mass is 10.2. The highest BCUT2D eigenvalue weighted by molar-refractivity contribution is 7.99. The van der Waals surface area contributed by atoms with Crippen LogP contribution in [0.2, 0.25) is 0 Å². The summed E-state index contributed by atoms with van der Waals surface area (Å²) in [6, 6.07) is 13.4. The highest BCUT2D eigenvalue weighted by atomic mass is 32.2. The van der Waals surface area contributed by atoms with Gasteiger partial charge >= 0.3 is 5.97 Å². The molecule has 0 aliphatic heterocycles. The van der Waals surface area contributed by atoms with Gasteiger partial charge in [0.05, 0.1) is 12.2 Å². The molecule has 5 heteroatoms. The summed E-state index contributed by atoms with van der Waals surface area (Å²) in [6.45, 7) is 0.462. The minimum absolute atomic E-state index is 0.211. The van der Waals surface area contributed by atoms with Crippen LogP contribution in [0.3, 0.4) is 0 Å². The summed E-state index contributed by atoms with van der Waals surface area (Å²) in [5.41, 5.74) is 0.211. The van der Waals surface area contributed by atoms with E-state index in [4.69, 9.17) is 9.84 Å². The van der Waals surface area contributed by atoms with Crippen LogP contribution in [-0.4, -0.2) is 28.5 Å². The van der Waals surface area contributed by atoms with Gasteiger partial charge in [-0.2, -0.15) is 0 Å². The molecule has 0 amide bonds. The van der Waals surface area contributed by atoms with Crippen molar-refractivity contribution < 1.29 is 19.7 Å². The van der Waals surface area contributed by atoms with Crippen LogP contribution in [0, 0.1) is 0 Å². The van der Waals surface area contributed by atoms with Crippen molar-refractivity contribution in [2.24, 2.45) is 0 Å². The van der Waals surface area contributed by atoms with E-state index < -0.39 is 5.97 Å². The standard InChI is InChI=1S/C15H14O4S/c16-12-4-2-6-14(10-12)20-8-7-19-13-5-1-3-11(9-13)15(17)18/h1-6,9-10,16H,7-8H2,(H,17,18). The summed E-state index contributed by atoms with van der Waals surface area (Å²) in [6.07, 6.45) is 0. The van der Waals surface area contributed by atoms with E-state index in [1.807, 2.05) is 6.07 Å². The van der Waals surface area contributed by atoms with Gasteiger partial charge in [-0.15, -0.1) is 11.8 Å². The Morgan fingerprint density at radius 3 is 2.70 bits per heavy atom. The van der Waals surface area contributed by atoms with Gasteiger partial charge in [-0.25, -0.2) is 4.79 Å². The maximum atomic E-state index is 10.8. The van der Waals surface area contributed by atoms with Gasteiger partial charge in [0, 0.05) is 10.6 Å². The van der Waals surface area contributed by atoms with E-state index in [2.05, 4.69) is 0 Å².